The van der Waals surface area contributed by atoms with Crippen LogP contribution in [-0.2, 0) is 7.05 Å². The van der Waals surface area contributed by atoms with E-state index in [2.05, 4.69) is 25.6 Å². The largest absolute Gasteiger partial charge is 0.354 e. The molecular weight excluding hydrogens is 385 g/mol. The number of halogens is 2. The molecule has 1 aliphatic rings. The van der Waals surface area contributed by atoms with Gasteiger partial charge in [0.05, 0.1) is 21.9 Å². The van der Waals surface area contributed by atoms with Crippen LogP contribution in [0.2, 0.25) is 10.0 Å². The van der Waals surface area contributed by atoms with Gasteiger partial charge in [-0.15, -0.1) is 0 Å². The van der Waals surface area contributed by atoms with Gasteiger partial charge in [-0.3, -0.25) is 4.68 Å². The molecule has 1 aromatic carbocycles. The molecule has 4 rings (SSSR count). The molecule has 0 saturated carbocycles. The van der Waals surface area contributed by atoms with Crippen LogP contribution in [0.15, 0.2) is 36.7 Å². The fourth-order valence-corrected chi connectivity index (χ4v) is 3.25. The molecule has 3 heterocycles. The lowest BCUT2D eigenvalue weighted by Gasteiger charge is -2.28. The zero-order valence-corrected chi connectivity index (χ0v) is 16.3. The zero-order valence-electron chi connectivity index (χ0n) is 14.8. The molecular formula is C18H19Cl2N7. The van der Waals surface area contributed by atoms with Crippen molar-refractivity contribution in [3.05, 3.63) is 46.7 Å². The molecule has 3 aromatic rings. The number of hydrogen-bond acceptors (Lipinski definition) is 6. The zero-order chi connectivity index (χ0) is 18.8. The first-order valence-corrected chi connectivity index (χ1v) is 9.40. The number of nitrogens with zero attached hydrogens (tertiary/aromatic N) is 5. The predicted octanol–water partition coefficient (Wildman–Crippen LogP) is 3.34. The number of hydrogen-bond donors (Lipinski definition) is 2. The van der Waals surface area contributed by atoms with Crippen LogP contribution >= 0.6 is 23.2 Å². The van der Waals surface area contributed by atoms with Crippen molar-refractivity contribution in [2.75, 3.05) is 36.4 Å². The van der Waals surface area contributed by atoms with Crippen LogP contribution in [0, 0.1) is 0 Å². The lowest BCUT2D eigenvalue weighted by atomic mass is 10.2. The highest BCUT2D eigenvalue weighted by molar-refractivity contribution is 6.42. The molecule has 0 bridgehead atoms. The molecule has 0 radical (unpaired) electrons. The third-order valence-electron chi connectivity index (χ3n) is 4.31. The highest BCUT2D eigenvalue weighted by Gasteiger charge is 2.16. The first-order chi connectivity index (χ1) is 13.1. The van der Waals surface area contributed by atoms with Crippen molar-refractivity contribution >= 4 is 40.5 Å². The lowest BCUT2D eigenvalue weighted by Crippen LogP contribution is -2.44. The third kappa shape index (κ3) is 4.16. The number of nitrogens with one attached hydrogen (secondary N) is 2. The Bertz CT molecular complexity index is 951. The average molecular weight is 404 g/mol. The SMILES string of the molecule is Cn1cc(Nc2cc(N3CCNCC3)nc(-c3ccc(Cl)c(Cl)c3)n2)cn1. The first-order valence-electron chi connectivity index (χ1n) is 8.64. The Labute approximate surface area is 167 Å². The average Bonchev–Trinajstić information content (AvgIpc) is 3.09. The summed E-state index contributed by atoms with van der Waals surface area (Å²) in [6, 6.07) is 7.38. The van der Waals surface area contributed by atoms with Crippen molar-refractivity contribution in [3.63, 3.8) is 0 Å². The molecule has 0 unspecified atom stereocenters. The van der Waals surface area contributed by atoms with Crippen molar-refractivity contribution in [1.82, 2.24) is 25.1 Å². The Morgan fingerprint density at radius 1 is 1.07 bits per heavy atom. The van der Waals surface area contributed by atoms with Crippen LogP contribution in [0.1, 0.15) is 0 Å². The summed E-state index contributed by atoms with van der Waals surface area (Å²) in [5.41, 5.74) is 1.68. The number of piperazine rings is 1. The molecule has 0 amide bonds. The lowest BCUT2D eigenvalue weighted by molar-refractivity contribution is 0.585. The minimum Gasteiger partial charge on any atom is -0.354 e. The minimum atomic E-state index is 0.479. The van der Waals surface area contributed by atoms with E-state index in [4.69, 9.17) is 28.2 Å². The predicted molar refractivity (Wildman–Crippen MR) is 109 cm³/mol. The van der Waals surface area contributed by atoms with Gasteiger partial charge in [0.15, 0.2) is 5.82 Å². The van der Waals surface area contributed by atoms with E-state index in [9.17, 15) is 0 Å². The first kappa shape index (κ1) is 18.0. The molecule has 2 N–H and O–H groups in total. The molecule has 140 valence electrons. The molecule has 0 aliphatic carbocycles. The van der Waals surface area contributed by atoms with E-state index in [-0.39, 0.29) is 0 Å². The van der Waals surface area contributed by atoms with Gasteiger partial charge in [0.1, 0.15) is 11.6 Å². The molecule has 9 heteroatoms. The summed E-state index contributed by atoms with van der Waals surface area (Å²) < 4.78 is 1.74. The molecule has 0 atom stereocenters. The normalized spacial score (nSPS) is 14.4. The van der Waals surface area contributed by atoms with E-state index in [1.807, 2.05) is 25.4 Å². The second kappa shape index (κ2) is 7.72. The van der Waals surface area contributed by atoms with Gasteiger partial charge in [0, 0.05) is 51.1 Å². The highest BCUT2D eigenvalue weighted by Crippen LogP contribution is 2.29. The number of anilines is 3. The Hall–Kier alpha value is -2.35. The van der Waals surface area contributed by atoms with Crippen LogP contribution in [0.5, 0.6) is 0 Å². The van der Waals surface area contributed by atoms with Gasteiger partial charge in [-0.05, 0) is 18.2 Å². The quantitative estimate of drug-likeness (QED) is 0.695. The number of benzene rings is 1. The number of aryl methyl sites for hydroxylation is 1. The third-order valence-corrected chi connectivity index (χ3v) is 5.05. The van der Waals surface area contributed by atoms with Gasteiger partial charge in [0.25, 0.3) is 0 Å². The van der Waals surface area contributed by atoms with Crippen LogP contribution in [0.25, 0.3) is 11.4 Å². The maximum absolute atomic E-state index is 6.19. The van der Waals surface area contributed by atoms with E-state index >= 15 is 0 Å². The second-order valence-electron chi connectivity index (χ2n) is 6.33. The fraction of sp³-hybridized carbons (Fsp3) is 0.278. The standard InChI is InChI=1S/C18H19Cl2N7/c1-26-11-13(10-22-26)23-16-9-17(27-6-4-21-5-7-27)25-18(24-16)12-2-3-14(19)15(20)8-12/h2-3,8-11,21H,4-7H2,1H3,(H,23,24,25). The van der Waals surface area contributed by atoms with E-state index in [0.29, 0.717) is 21.7 Å². The van der Waals surface area contributed by atoms with E-state index < -0.39 is 0 Å². The maximum atomic E-state index is 6.19. The molecule has 1 fully saturated rings. The summed E-state index contributed by atoms with van der Waals surface area (Å²) in [4.78, 5) is 11.7. The molecule has 1 saturated heterocycles. The molecule has 7 nitrogen and oxygen atoms in total. The topological polar surface area (TPSA) is 70.9 Å². The molecule has 0 spiro atoms. The number of rotatable bonds is 4. The van der Waals surface area contributed by atoms with Gasteiger partial charge < -0.3 is 15.5 Å². The Kier molecular flexibility index (Phi) is 5.15. The van der Waals surface area contributed by atoms with Crippen LogP contribution in [0.4, 0.5) is 17.3 Å². The van der Waals surface area contributed by atoms with Gasteiger partial charge in [0.2, 0.25) is 0 Å². The smallest absolute Gasteiger partial charge is 0.163 e. The summed E-state index contributed by atoms with van der Waals surface area (Å²) in [6.45, 7) is 3.64. The summed E-state index contributed by atoms with van der Waals surface area (Å²) in [5.74, 6) is 2.17. The van der Waals surface area contributed by atoms with Crippen molar-refractivity contribution in [3.8, 4) is 11.4 Å². The summed E-state index contributed by atoms with van der Waals surface area (Å²) in [6.07, 6.45) is 3.65. The Morgan fingerprint density at radius 2 is 1.89 bits per heavy atom. The van der Waals surface area contributed by atoms with Gasteiger partial charge in [-0.1, -0.05) is 23.2 Å². The monoisotopic (exact) mass is 403 g/mol. The second-order valence-corrected chi connectivity index (χ2v) is 7.14. The van der Waals surface area contributed by atoms with Crippen molar-refractivity contribution in [1.29, 1.82) is 0 Å². The van der Waals surface area contributed by atoms with E-state index in [1.54, 1.807) is 23.0 Å². The Morgan fingerprint density at radius 3 is 2.59 bits per heavy atom. The van der Waals surface area contributed by atoms with Gasteiger partial charge in [-0.2, -0.15) is 5.10 Å². The van der Waals surface area contributed by atoms with E-state index in [1.165, 1.54) is 0 Å². The summed E-state index contributed by atoms with van der Waals surface area (Å²) in [5, 5.41) is 11.8. The summed E-state index contributed by atoms with van der Waals surface area (Å²) in [7, 11) is 1.87. The Balaban J connectivity index is 1.74. The van der Waals surface area contributed by atoms with Crippen molar-refractivity contribution in [2.24, 2.45) is 7.05 Å². The van der Waals surface area contributed by atoms with E-state index in [0.717, 1.165) is 43.2 Å². The van der Waals surface area contributed by atoms with Gasteiger partial charge in [-0.25, -0.2) is 9.97 Å². The molecule has 2 aromatic heterocycles. The highest BCUT2D eigenvalue weighted by atomic mass is 35.5. The molecule has 1 aliphatic heterocycles. The fourth-order valence-electron chi connectivity index (χ4n) is 2.95. The minimum absolute atomic E-state index is 0.479. The van der Waals surface area contributed by atoms with Crippen LogP contribution in [0.3, 0.4) is 0 Å². The maximum Gasteiger partial charge on any atom is 0.163 e. The molecule has 27 heavy (non-hydrogen) atoms. The number of aromatic nitrogens is 4. The van der Waals surface area contributed by atoms with Gasteiger partial charge >= 0.3 is 0 Å². The summed E-state index contributed by atoms with van der Waals surface area (Å²) >= 11 is 12.2. The van der Waals surface area contributed by atoms with Crippen LogP contribution in [-0.4, -0.2) is 45.9 Å². The van der Waals surface area contributed by atoms with Crippen molar-refractivity contribution in [2.45, 2.75) is 0 Å². The van der Waals surface area contributed by atoms with Crippen molar-refractivity contribution < 1.29 is 0 Å². The van der Waals surface area contributed by atoms with Crippen LogP contribution < -0.4 is 15.5 Å².